The number of sulfonamides is 1. The minimum Gasteiger partial charge on any atom is -0.278 e. The van der Waals surface area contributed by atoms with Crippen LogP contribution in [0.25, 0.3) is 0 Å². The monoisotopic (exact) mass is 358 g/mol. The van der Waals surface area contributed by atoms with Crippen LogP contribution in [0.4, 0.5) is 11.4 Å². The molecular weight excluding hydrogens is 348 g/mol. The van der Waals surface area contributed by atoms with Gasteiger partial charge in [0.25, 0.3) is 15.7 Å². The third-order valence-electron chi connectivity index (χ3n) is 2.78. The van der Waals surface area contributed by atoms with Crippen LogP contribution in [0.3, 0.4) is 0 Å². The van der Waals surface area contributed by atoms with E-state index < -0.39 is 20.6 Å². The van der Waals surface area contributed by atoms with Gasteiger partial charge in [0.15, 0.2) is 0 Å². The quantitative estimate of drug-likeness (QED) is 0.499. The van der Waals surface area contributed by atoms with Crippen LogP contribution in [0.2, 0.25) is 5.02 Å². The molecule has 2 aromatic carbocycles. The maximum absolute atomic E-state index is 12.4. The van der Waals surface area contributed by atoms with Crippen molar-refractivity contribution in [2.45, 2.75) is 9.79 Å². The fraction of sp³-hybridized carbons (Fsp3) is 0.0769. The average molecular weight is 359 g/mol. The van der Waals surface area contributed by atoms with Gasteiger partial charge in [-0.15, -0.1) is 11.8 Å². The van der Waals surface area contributed by atoms with Gasteiger partial charge in [-0.05, 0) is 30.5 Å². The average Bonchev–Trinajstić information content (AvgIpc) is 2.47. The van der Waals surface area contributed by atoms with E-state index in [9.17, 15) is 18.5 Å². The maximum Gasteiger partial charge on any atom is 0.289 e. The summed E-state index contributed by atoms with van der Waals surface area (Å²) in [6.45, 7) is 0. The summed E-state index contributed by atoms with van der Waals surface area (Å²) in [6, 6.07) is 10.2. The summed E-state index contributed by atoms with van der Waals surface area (Å²) < 4.78 is 27.2. The molecule has 0 atom stereocenters. The number of hydrogen-bond acceptors (Lipinski definition) is 5. The molecule has 0 fully saturated rings. The van der Waals surface area contributed by atoms with Gasteiger partial charge in [0.2, 0.25) is 0 Å². The number of nitro benzene ring substituents is 1. The number of rotatable bonds is 5. The van der Waals surface area contributed by atoms with Gasteiger partial charge in [0.1, 0.15) is 5.02 Å². The SMILES string of the molecule is CSc1ccccc1NS(=O)(=O)c1ccc(Cl)c([N+](=O)[O-])c1. The Bertz CT molecular complexity index is 825. The Morgan fingerprint density at radius 1 is 1.23 bits per heavy atom. The molecule has 0 aliphatic rings. The van der Waals surface area contributed by atoms with Crippen molar-refractivity contribution in [3.8, 4) is 0 Å². The first-order valence-corrected chi connectivity index (χ1v) is 9.03. The third kappa shape index (κ3) is 3.52. The summed E-state index contributed by atoms with van der Waals surface area (Å²) in [6.07, 6.45) is 1.82. The molecule has 1 N–H and O–H groups in total. The van der Waals surface area contributed by atoms with Crippen molar-refractivity contribution in [3.63, 3.8) is 0 Å². The standard InChI is InChI=1S/C13H11ClN2O4S2/c1-21-13-5-3-2-4-11(13)15-22(19,20)9-6-7-10(14)12(8-9)16(17)18/h2-8,15H,1H3. The van der Waals surface area contributed by atoms with E-state index in [1.165, 1.54) is 23.9 Å². The molecule has 0 radical (unpaired) electrons. The highest BCUT2D eigenvalue weighted by Crippen LogP contribution is 2.30. The molecule has 22 heavy (non-hydrogen) atoms. The number of para-hydroxylation sites is 1. The number of nitrogens with zero attached hydrogens (tertiary/aromatic N) is 1. The Labute approximate surface area is 136 Å². The highest BCUT2D eigenvalue weighted by molar-refractivity contribution is 7.99. The number of nitrogens with one attached hydrogen (secondary N) is 1. The number of thioether (sulfide) groups is 1. The molecule has 0 spiro atoms. The van der Waals surface area contributed by atoms with E-state index in [1.54, 1.807) is 24.3 Å². The van der Waals surface area contributed by atoms with Gasteiger partial charge in [0.05, 0.1) is 15.5 Å². The van der Waals surface area contributed by atoms with Gasteiger partial charge in [-0.1, -0.05) is 23.7 Å². The zero-order valence-electron chi connectivity index (χ0n) is 11.3. The van der Waals surface area contributed by atoms with E-state index in [0.29, 0.717) is 5.69 Å². The summed E-state index contributed by atoms with van der Waals surface area (Å²) in [4.78, 5) is 10.7. The van der Waals surface area contributed by atoms with Gasteiger partial charge >= 0.3 is 0 Å². The molecule has 6 nitrogen and oxygen atoms in total. The minimum atomic E-state index is -3.95. The highest BCUT2D eigenvalue weighted by Gasteiger charge is 2.21. The van der Waals surface area contributed by atoms with Crippen LogP contribution in [0.5, 0.6) is 0 Å². The van der Waals surface area contributed by atoms with E-state index in [-0.39, 0.29) is 9.92 Å². The first-order chi connectivity index (χ1) is 10.3. The smallest absolute Gasteiger partial charge is 0.278 e. The first kappa shape index (κ1) is 16.6. The molecule has 0 aliphatic heterocycles. The lowest BCUT2D eigenvalue weighted by Gasteiger charge is -2.11. The molecular formula is C13H11ClN2O4S2. The second-order valence-corrected chi connectivity index (χ2v) is 7.11. The lowest BCUT2D eigenvalue weighted by atomic mass is 10.3. The normalized spacial score (nSPS) is 11.2. The predicted octanol–water partition coefficient (Wildman–Crippen LogP) is 3.77. The molecule has 0 amide bonds. The molecule has 116 valence electrons. The van der Waals surface area contributed by atoms with Crippen LogP contribution >= 0.6 is 23.4 Å². The van der Waals surface area contributed by atoms with Gasteiger partial charge < -0.3 is 0 Å². The number of nitro groups is 1. The minimum absolute atomic E-state index is 0.117. The largest absolute Gasteiger partial charge is 0.289 e. The molecule has 0 saturated heterocycles. The van der Waals surface area contributed by atoms with Crippen molar-refractivity contribution in [2.24, 2.45) is 0 Å². The highest BCUT2D eigenvalue weighted by atomic mass is 35.5. The van der Waals surface area contributed by atoms with E-state index in [2.05, 4.69) is 4.72 Å². The Hall–Kier alpha value is -1.77. The molecule has 0 unspecified atom stereocenters. The van der Waals surface area contributed by atoms with Gasteiger partial charge in [0, 0.05) is 11.0 Å². The molecule has 2 rings (SSSR count). The lowest BCUT2D eigenvalue weighted by molar-refractivity contribution is -0.384. The zero-order valence-corrected chi connectivity index (χ0v) is 13.7. The van der Waals surface area contributed by atoms with Crippen LogP contribution in [-0.4, -0.2) is 19.6 Å². The number of halogens is 1. The van der Waals surface area contributed by atoms with Crippen LogP contribution < -0.4 is 4.72 Å². The summed E-state index contributed by atoms with van der Waals surface area (Å²) in [5.41, 5.74) is -0.0460. The molecule has 9 heteroatoms. The van der Waals surface area contributed by atoms with E-state index in [1.807, 2.05) is 6.26 Å². The van der Waals surface area contributed by atoms with Gasteiger partial charge in [-0.25, -0.2) is 8.42 Å². The van der Waals surface area contributed by atoms with E-state index in [4.69, 9.17) is 11.6 Å². The third-order valence-corrected chi connectivity index (χ3v) is 5.25. The Balaban J connectivity index is 2.43. The Morgan fingerprint density at radius 2 is 1.91 bits per heavy atom. The van der Waals surface area contributed by atoms with Gasteiger partial charge in [-0.3, -0.25) is 14.8 Å². The van der Waals surface area contributed by atoms with Crippen molar-refractivity contribution in [2.75, 3.05) is 11.0 Å². The summed E-state index contributed by atoms with van der Waals surface area (Å²) in [5.74, 6) is 0. The predicted molar refractivity (Wildman–Crippen MR) is 87.1 cm³/mol. The van der Waals surface area contributed by atoms with E-state index in [0.717, 1.165) is 11.0 Å². The van der Waals surface area contributed by atoms with Crippen molar-refractivity contribution in [1.82, 2.24) is 0 Å². The van der Waals surface area contributed by atoms with E-state index >= 15 is 0 Å². The maximum atomic E-state index is 12.4. The van der Waals surface area contributed by atoms with Crippen molar-refractivity contribution >= 4 is 44.8 Å². The molecule has 2 aromatic rings. The zero-order chi connectivity index (χ0) is 16.3. The fourth-order valence-electron chi connectivity index (χ4n) is 1.73. The topological polar surface area (TPSA) is 89.3 Å². The lowest BCUT2D eigenvalue weighted by Crippen LogP contribution is -2.13. The molecule has 0 saturated carbocycles. The van der Waals surface area contributed by atoms with Crippen LogP contribution in [0.15, 0.2) is 52.3 Å². The first-order valence-electron chi connectivity index (χ1n) is 5.95. The summed E-state index contributed by atoms with van der Waals surface area (Å²) >= 11 is 7.07. The Morgan fingerprint density at radius 3 is 2.55 bits per heavy atom. The number of benzene rings is 2. The molecule has 0 aliphatic carbocycles. The Kier molecular flexibility index (Phi) is 4.94. The summed E-state index contributed by atoms with van der Waals surface area (Å²) in [5, 5.41) is 10.7. The number of hydrogen-bond donors (Lipinski definition) is 1. The molecule has 0 bridgehead atoms. The van der Waals surface area contributed by atoms with Crippen LogP contribution in [0, 0.1) is 10.1 Å². The summed E-state index contributed by atoms with van der Waals surface area (Å²) in [7, 11) is -3.95. The second kappa shape index (κ2) is 6.55. The van der Waals surface area contributed by atoms with Crippen LogP contribution in [-0.2, 0) is 10.0 Å². The second-order valence-electron chi connectivity index (χ2n) is 4.18. The van der Waals surface area contributed by atoms with Crippen molar-refractivity contribution in [1.29, 1.82) is 0 Å². The fourth-order valence-corrected chi connectivity index (χ4v) is 3.64. The molecule has 0 aromatic heterocycles. The van der Waals surface area contributed by atoms with Crippen molar-refractivity contribution in [3.05, 3.63) is 57.6 Å². The molecule has 0 heterocycles. The number of anilines is 1. The van der Waals surface area contributed by atoms with Gasteiger partial charge in [-0.2, -0.15) is 0 Å². The van der Waals surface area contributed by atoms with Crippen LogP contribution in [0.1, 0.15) is 0 Å². The van der Waals surface area contributed by atoms with Crippen molar-refractivity contribution < 1.29 is 13.3 Å².